The van der Waals surface area contributed by atoms with Gasteiger partial charge in [-0.3, -0.25) is 9.27 Å². The Morgan fingerprint density at radius 2 is 1.79 bits per heavy atom. The van der Waals surface area contributed by atoms with E-state index >= 15 is 0 Å². The molecule has 0 N–H and O–H groups in total. The van der Waals surface area contributed by atoms with E-state index < -0.39 is 10.1 Å². The summed E-state index contributed by atoms with van der Waals surface area (Å²) < 4.78 is 30.4. The summed E-state index contributed by atoms with van der Waals surface area (Å²) >= 11 is 0. The van der Waals surface area contributed by atoms with Crippen LogP contribution in [0.15, 0.2) is 65.8 Å². The van der Waals surface area contributed by atoms with Crippen molar-refractivity contribution < 1.29 is 12.7 Å². The van der Waals surface area contributed by atoms with Crippen molar-refractivity contribution in [3.05, 3.63) is 60.9 Å². The van der Waals surface area contributed by atoms with Gasteiger partial charge in [0.1, 0.15) is 10.4 Å². The van der Waals surface area contributed by atoms with Crippen LogP contribution in [0.3, 0.4) is 0 Å². The Morgan fingerprint density at radius 3 is 2.58 bits per heavy atom. The van der Waals surface area contributed by atoms with Gasteiger partial charge in [0.2, 0.25) is 0 Å². The van der Waals surface area contributed by atoms with E-state index in [1.807, 2.05) is 0 Å². The molecule has 2 aromatic heterocycles. The summed E-state index contributed by atoms with van der Waals surface area (Å²) in [5.74, 6) is 0. The molecule has 0 fully saturated rings. The average Bonchev–Trinajstić information content (AvgIpc) is 2.83. The molecule has 0 spiro atoms. The van der Waals surface area contributed by atoms with E-state index in [0.29, 0.717) is 11.0 Å². The Balaban J connectivity index is 2.02. The topological polar surface area (TPSA) is 61.2 Å². The second kappa shape index (κ2) is 4.40. The lowest BCUT2D eigenvalue weighted by Gasteiger charge is -2.07. The van der Waals surface area contributed by atoms with E-state index in [2.05, 4.69) is 4.98 Å². The number of pyridine rings is 1. The molecule has 0 unspecified atom stereocenters. The largest absolute Gasteiger partial charge is 0.357 e. The maximum atomic E-state index is 12.1. The highest BCUT2D eigenvalue weighted by Crippen LogP contribution is 2.14. The zero-order chi connectivity index (χ0) is 13.3. The van der Waals surface area contributed by atoms with E-state index in [4.69, 9.17) is 4.28 Å². The van der Waals surface area contributed by atoms with Crippen molar-refractivity contribution in [2.45, 2.75) is 4.90 Å². The summed E-state index contributed by atoms with van der Waals surface area (Å²) in [7, 11) is -3.84. The van der Waals surface area contributed by atoms with E-state index in [1.54, 1.807) is 42.6 Å². The molecule has 1 aromatic carbocycles. The van der Waals surface area contributed by atoms with Crippen LogP contribution in [0.5, 0.6) is 0 Å². The third kappa shape index (κ3) is 2.17. The molecule has 0 bridgehead atoms. The van der Waals surface area contributed by atoms with Gasteiger partial charge in [0.15, 0.2) is 0 Å². The predicted octanol–water partition coefficient (Wildman–Crippen LogP) is 1.85. The van der Waals surface area contributed by atoms with Gasteiger partial charge < -0.3 is 0 Å². The number of nitrogens with zero attached hydrogens (tertiary/aromatic N) is 2. The van der Waals surface area contributed by atoms with Crippen LogP contribution in [0.2, 0.25) is 0 Å². The molecular formula is C13H10N2O3S. The number of rotatable bonds is 3. The van der Waals surface area contributed by atoms with Crippen LogP contribution in [0.4, 0.5) is 0 Å². The van der Waals surface area contributed by atoms with E-state index in [-0.39, 0.29) is 4.90 Å². The minimum Gasteiger partial charge on any atom is -0.284 e. The fraction of sp³-hybridized carbons (Fsp3) is 0. The van der Waals surface area contributed by atoms with Gasteiger partial charge in [-0.1, -0.05) is 18.2 Å². The van der Waals surface area contributed by atoms with Crippen LogP contribution in [0.25, 0.3) is 11.0 Å². The van der Waals surface area contributed by atoms with Crippen molar-refractivity contribution in [3.8, 4) is 0 Å². The van der Waals surface area contributed by atoms with Gasteiger partial charge in [0.05, 0.1) is 5.52 Å². The third-order valence-electron chi connectivity index (χ3n) is 2.63. The molecule has 96 valence electrons. The van der Waals surface area contributed by atoms with E-state index in [9.17, 15) is 8.42 Å². The first-order valence-corrected chi connectivity index (χ1v) is 7.00. The molecule has 0 aliphatic heterocycles. The zero-order valence-corrected chi connectivity index (χ0v) is 10.6. The molecular weight excluding hydrogens is 264 g/mol. The van der Waals surface area contributed by atoms with E-state index in [1.165, 1.54) is 23.1 Å². The van der Waals surface area contributed by atoms with Crippen molar-refractivity contribution >= 4 is 21.2 Å². The molecule has 2 heterocycles. The standard InChI is InChI=1S/C13H10N2O3S/c16-19(17,11-5-2-1-3-6-11)18-15-10-8-12-13(15)7-4-9-14-12/h1-10H. The van der Waals surface area contributed by atoms with Gasteiger partial charge in [0, 0.05) is 12.4 Å². The SMILES string of the molecule is O=S(=O)(On1ccc2ncccc21)c1ccccc1. The molecule has 6 heteroatoms. The first-order valence-electron chi connectivity index (χ1n) is 5.59. The van der Waals surface area contributed by atoms with Gasteiger partial charge >= 0.3 is 10.1 Å². The average molecular weight is 274 g/mol. The highest BCUT2D eigenvalue weighted by molar-refractivity contribution is 7.87. The van der Waals surface area contributed by atoms with Crippen molar-refractivity contribution in [2.24, 2.45) is 0 Å². The summed E-state index contributed by atoms with van der Waals surface area (Å²) in [5, 5.41) is 0. The van der Waals surface area contributed by atoms with Crippen molar-refractivity contribution in [1.82, 2.24) is 9.71 Å². The van der Waals surface area contributed by atoms with Crippen LogP contribution in [0, 0.1) is 0 Å². The predicted molar refractivity (Wildman–Crippen MR) is 69.9 cm³/mol. The summed E-state index contributed by atoms with van der Waals surface area (Å²) in [6.07, 6.45) is 3.16. The third-order valence-corrected chi connectivity index (χ3v) is 3.84. The van der Waals surface area contributed by atoms with E-state index in [0.717, 1.165) is 0 Å². The van der Waals surface area contributed by atoms with Crippen LogP contribution in [0.1, 0.15) is 0 Å². The molecule has 3 aromatic rings. The Morgan fingerprint density at radius 1 is 1.00 bits per heavy atom. The lowest BCUT2D eigenvalue weighted by atomic mass is 10.4. The maximum Gasteiger partial charge on any atom is 0.357 e. The monoisotopic (exact) mass is 274 g/mol. The molecule has 0 saturated heterocycles. The van der Waals surface area contributed by atoms with Crippen molar-refractivity contribution in [3.63, 3.8) is 0 Å². The van der Waals surface area contributed by atoms with Crippen molar-refractivity contribution in [1.29, 1.82) is 0 Å². The number of aromatic nitrogens is 2. The number of hydrogen-bond acceptors (Lipinski definition) is 4. The molecule has 0 aliphatic rings. The molecule has 0 atom stereocenters. The summed E-state index contributed by atoms with van der Waals surface area (Å²) in [4.78, 5) is 4.22. The zero-order valence-electron chi connectivity index (χ0n) is 9.80. The molecule has 0 amide bonds. The van der Waals surface area contributed by atoms with Gasteiger partial charge in [-0.05, 0) is 30.3 Å². The number of fused-ring (bicyclic) bond motifs is 1. The quantitative estimate of drug-likeness (QED) is 0.731. The minimum absolute atomic E-state index is 0.112. The maximum absolute atomic E-state index is 12.1. The van der Waals surface area contributed by atoms with Crippen LogP contribution in [-0.4, -0.2) is 18.1 Å². The van der Waals surface area contributed by atoms with Gasteiger partial charge in [-0.25, -0.2) is 0 Å². The Bertz CT molecular complexity index is 810. The number of benzene rings is 1. The fourth-order valence-electron chi connectivity index (χ4n) is 1.74. The Kier molecular flexibility index (Phi) is 2.72. The molecule has 0 radical (unpaired) electrons. The summed E-state index contributed by atoms with van der Waals surface area (Å²) in [6.45, 7) is 0. The first-order chi connectivity index (χ1) is 9.17. The minimum atomic E-state index is -3.84. The Hall–Kier alpha value is -2.34. The molecule has 5 nitrogen and oxygen atoms in total. The highest BCUT2D eigenvalue weighted by Gasteiger charge is 2.17. The fourth-order valence-corrected chi connectivity index (χ4v) is 2.66. The molecule has 19 heavy (non-hydrogen) atoms. The second-order valence-corrected chi connectivity index (χ2v) is 5.42. The summed E-state index contributed by atoms with van der Waals surface area (Å²) in [6, 6.07) is 13.2. The lowest BCUT2D eigenvalue weighted by Crippen LogP contribution is -2.19. The normalized spacial score (nSPS) is 11.6. The van der Waals surface area contributed by atoms with Crippen molar-refractivity contribution in [2.75, 3.05) is 0 Å². The molecule has 0 aliphatic carbocycles. The van der Waals surface area contributed by atoms with Crippen LogP contribution < -0.4 is 4.28 Å². The number of hydrogen-bond donors (Lipinski definition) is 0. The van der Waals surface area contributed by atoms with Gasteiger partial charge in [-0.15, -0.1) is 0 Å². The second-order valence-electron chi connectivity index (χ2n) is 3.89. The van der Waals surface area contributed by atoms with Crippen LogP contribution >= 0.6 is 0 Å². The Labute approximate surface area is 110 Å². The van der Waals surface area contributed by atoms with Crippen LogP contribution in [-0.2, 0) is 10.1 Å². The summed E-state index contributed by atoms with van der Waals surface area (Å²) in [5.41, 5.74) is 1.27. The highest BCUT2D eigenvalue weighted by atomic mass is 32.2. The molecule has 0 saturated carbocycles. The lowest BCUT2D eigenvalue weighted by molar-refractivity contribution is 0.293. The van der Waals surface area contributed by atoms with Gasteiger partial charge in [-0.2, -0.15) is 13.1 Å². The molecule has 3 rings (SSSR count). The van der Waals surface area contributed by atoms with Gasteiger partial charge in [0.25, 0.3) is 0 Å². The smallest absolute Gasteiger partial charge is 0.284 e. The first kappa shape index (κ1) is 11.7.